The maximum Gasteiger partial charge on any atom is 0.312 e. The summed E-state index contributed by atoms with van der Waals surface area (Å²) in [5.41, 5.74) is 2.28. The van der Waals surface area contributed by atoms with E-state index in [1.807, 2.05) is 30.3 Å². The van der Waals surface area contributed by atoms with Gasteiger partial charge in [0, 0.05) is 0 Å². The Kier molecular flexibility index (Phi) is 3.90. The second-order valence-corrected chi connectivity index (χ2v) is 9.10. The Morgan fingerprint density at radius 3 is 2.19 bits per heavy atom. The van der Waals surface area contributed by atoms with Crippen LogP contribution in [0.2, 0.25) is 0 Å². The van der Waals surface area contributed by atoms with Crippen molar-refractivity contribution >= 4 is 5.97 Å². The predicted molar refractivity (Wildman–Crippen MR) is 104 cm³/mol. The molecule has 0 aliphatic heterocycles. The van der Waals surface area contributed by atoms with Crippen LogP contribution < -0.4 is 0 Å². The summed E-state index contributed by atoms with van der Waals surface area (Å²) in [5, 5.41) is 10.8. The Labute approximate surface area is 160 Å². The Morgan fingerprint density at radius 2 is 1.56 bits per heavy atom. The number of carbonyl (C=O) groups is 1. The van der Waals surface area contributed by atoms with Crippen LogP contribution in [0.25, 0.3) is 11.1 Å². The number of esters is 1. The Hall–Kier alpha value is -2.13. The summed E-state index contributed by atoms with van der Waals surface area (Å²) in [5.74, 6) is 0.894. The molecule has 4 aliphatic carbocycles. The topological polar surface area (TPSA) is 46.5 Å². The van der Waals surface area contributed by atoms with E-state index in [1.165, 1.54) is 12.0 Å². The molecule has 4 bridgehead atoms. The maximum absolute atomic E-state index is 13.0. The summed E-state index contributed by atoms with van der Waals surface area (Å²) in [6.07, 6.45) is 5.32. The third kappa shape index (κ3) is 3.08. The molecule has 2 aromatic carbocycles. The van der Waals surface area contributed by atoms with Gasteiger partial charge in [0.15, 0.2) is 0 Å². The molecule has 0 radical (unpaired) electrons. The van der Waals surface area contributed by atoms with Crippen molar-refractivity contribution in [2.45, 2.75) is 50.7 Å². The van der Waals surface area contributed by atoms with E-state index < -0.39 is 11.0 Å². The third-order valence-electron chi connectivity index (χ3n) is 6.89. The smallest absolute Gasteiger partial charge is 0.312 e. The van der Waals surface area contributed by atoms with Gasteiger partial charge in [-0.05, 0) is 67.1 Å². The highest BCUT2D eigenvalue weighted by atomic mass is 16.5. The lowest BCUT2D eigenvalue weighted by atomic mass is 9.48. The average molecular weight is 362 g/mol. The van der Waals surface area contributed by atoms with E-state index in [9.17, 15) is 9.90 Å². The lowest BCUT2D eigenvalue weighted by Gasteiger charge is -2.58. The molecule has 3 nitrogen and oxygen atoms in total. The van der Waals surface area contributed by atoms with Crippen LogP contribution in [0.5, 0.6) is 0 Å². The van der Waals surface area contributed by atoms with Crippen LogP contribution in [0.3, 0.4) is 0 Å². The first kappa shape index (κ1) is 17.0. The summed E-state index contributed by atoms with van der Waals surface area (Å²) >= 11 is 0. The Balaban J connectivity index is 1.26. The highest BCUT2D eigenvalue weighted by molar-refractivity contribution is 5.78. The van der Waals surface area contributed by atoms with E-state index in [-0.39, 0.29) is 5.97 Å². The molecule has 0 saturated heterocycles. The minimum atomic E-state index is -0.625. The quantitative estimate of drug-likeness (QED) is 0.800. The monoisotopic (exact) mass is 362 g/mol. The molecule has 4 aliphatic rings. The number of benzene rings is 2. The number of hydrogen-bond acceptors (Lipinski definition) is 3. The first-order chi connectivity index (χ1) is 13.0. The van der Waals surface area contributed by atoms with Gasteiger partial charge in [0.1, 0.15) is 6.61 Å². The normalized spacial score (nSPS) is 33.8. The number of ether oxygens (including phenoxy) is 1. The standard InChI is InChI=1S/C24H26O3/c25-22(23-11-18-10-19(12-23)14-24(26,13-18)16-23)27-15-17-6-8-21(9-7-17)20-4-2-1-3-5-20/h1-9,18-19,26H,10-16H2/t18-,19+,23?,24?. The number of rotatable bonds is 4. The van der Waals surface area contributed by atoms with E-state index in [2.05, 4.69) is 24.3 Å². The average Bonchev–Trinajstić information content (AvgIpc) is 2.65. The van der Waals surface area contributed by atoms with Crippen molar-refractivity contribution in [2.75, 3.05) is 0 Å². The fourth-order valence-corrected chi connectivity index (χ4v) is 6.18. The van der Waals surface area contributed by atoms with E-state index >= 15 is 0 Å². The molecule has 4 atom stereocenters. The van der Waals surface area contributed by atoms with E-state index in [0.717, 1.165) is 36.8 Å². The SMILES string of the molecule is O=C(OCc1ccc(-c2ccccc2)cc1)C12C[C@@H]3C[C@@H](CC(O)(C3)C1)C2. The first-order valence-corrected chi connectivity index (χ1v) is 10.1. The highest BCUT2D eigenvalue weighted by Gasteiger charge is 2.60. The number of aliphatic hydroxyl groups is 1. The molecule has 1 N–H and O–H groups in total. The zero-order chi connectivity index (χ0) is 18.5. The highest BCUT2D eigenvalue weighted by Crippen LogP contribution is 2.62. The van der Waals surface area contributed by atoms with E-state index in [0.29, 0.717) is 24.9 Å². The molecule has 4 fully saturated rings. The second kappa shape index (κ2) is 6.20. The molecule has 4 saturated carbocycles. The largest absolute Gasteiger partial charge is 0.460 e. The zero-order valence-electron chi connectivity index (χ0n) is 15.6. The van der Waals surface area contributed by atoms with Gasteiger partial charge in [-0.1, -0.05) is 54.6 Å². The first-order valence-electron chi connectivity index (χ1n) is 10.1. The summed E-state index contributed by atoms with van der Waals surface area (Å²) in [7, 11) is 0. The molecule has 6 rings (SSSR count). The number of carbonyl (C=O) groups excluding carboxylic acids is 1. The van der Waals surface area contributed by atoms with Crippen molar-refractivity contribution in [1.29, 1.82) is 0 Å². The van der Waals surface area contributed by atoms with Crippen LogP contribution in [-0.4, -0.2) is 16.7 Å². The van der Waals surface area contributed by atoms with E-state index in [1.54, 1.807) is 0 Å². The molecular weight excluding hydrogens is 336 g/mol. The van der Waals surface area contributed by atoms with Gasteiger partial charge in [0.25, 0.3) is 0 Å². The van der Waals surface area contributed by atoms with Crippen molar-refractivity contribution in [2.24, 2.45) is 17.3 Å². The van der Waals surface area contributed by atoms with Crippen molar-refractivity contribution in [1.82, 2.24) is 0 Å². The summed E-state index contributed by atoms with van der Waals surface area (Å²) in [6.45, 7) is 0.309. The predicted octanol–water partition coefficient (Wildman–Crippen LogP) is 4.73. The van der Waals surface area contributed by atoms with E-state index in [4.69, 9.17) is 4.74 Å². The Bertz CT molecular complexity index is 826. The van der Waals surface area contributed by atoms with Crippen LogP contribution >= 0.6 is 0 Å². The molecule has 0 heterocycles. The molecule has 27 heavy (non-hydrogen) atoms. The molecule has 2 aromatic rings. The van der Waals surface area contributed by atoms with Crippen molar-refractivity contribution in [3.63, 3.8) is 0 Å². The van der Waals surface area contributed by atoms with Gasteiger partial charge in [-0.25, -0.2) is 0 Å². The molecule has 2 unspecified atom stereocenters. The van der Waals surface area contributed by atoms with Gasteiger partial charge in [0.2, 0.25) is 0 Å². The lowest BCUT2D eigenvalue weighted by molar-refractivity contribution is -0.197. The van der Waals surface area contributed by atoms with Gasteiger partial charge in [0.05, 0.1) is 11.0 Å². The summed E-state index contributed by atoms with van der Waals surface area (Å²) in [6, 6.07) is 18.5. The lowest BCUT2D eigenvalue weighted by Crippen LogP contribution is -2.58. The molecular formula is C24H26O3. The van der Waals surface area contributed by atoms with Gasteiger partial charge in [-0.15, -0.1) is 0 Å². The molecule has 140 valence electrons. The molecule has 0 aromatic heterocycles. The maximum atomic E-state index is 13.0. The van der Waals surface area contributed by atoms with Crippen molar-refractivity contribution in [3.8, 4) is 11.1 Å². The molecule has 0 spiro atoms. The minimum absolute atomic E-state index is 0.0952. The summed E-state index contributed by atoms with van der Waals surface area (Å²) in [4.78, 5) is 13.0. The van der Waals surface area contributed by atoms with Crippen molar-refractivity contribution in [3.05, 3.63) is 60.2 Å². The number of hydrogen-bond donors (Lipinski definition) is 1. The van der Waals surface area contributed by atoms with Crippen LogP contribution in [0.1, 0.15) is 44.1 Å². The second-order valence-electron chi connectivity index (χ2n) is 9.10. The van der Waals surface area contributed by atoms with Gasteiger partial charge >= 0.3 is 5.97 Å². The fourth-order valence-electron chi connectivity index (χ4n) is 6.18. The van der Waals surface area contributed by atoms with Crippen LogP contribution in [0.15, 0.2) is 54.6 Å². The third-order valence-corrected chi connectivity index (χ3v) is 6.89. The summed E-state index contributed by atoms with van der Waals surface area (Å²) < 4.78 is 5.75. The van der Waals surface area contributed by atoms with Gasteiger partial charge in [-0.2, -0.15) is 0 Å². The molecule has 0 amide bonds. The van der Waals surface area contributed by atoms with Crippen LogP contribution in [0, 0.1) is 17.3 Å². The van der Waals surface area contributed by atoms with Crippen LogP contribution in [-0.2, 0) is 16.1 Å². The molecule has 3 heteroatoms. The Morgan fingerprint density at radius 1 is 0.926 bits per heavy atom. The zero-order valence-corrected chi connectivity index (χ0v) is 15.6. The van der Waals surface area contributed by atoms with Crippen LogP contribution in [0.4, 0.5) is 0 Å². The van der Waals surface area contributed by atoms with Gasteiger partial charge in [-0.3, -0.25) is 4.79 Å². The van der Waals surface area contributed by atoms with Crippen molar-refractivity contribution < 1.29 is 14.6 Å². The minimum Gasteiger partial charge on any atom is -0.460 e. The fraction of sp³-hybridized carbons (Fsp3) is 0.458. The van der Waals surface area contributed by atoms with Gasteiger partial charge < -0.3 is 9.84 Å².